The highest BCUT2D eigenvalue weighted by Gasteiger charge is 2.16. The van der Waals surface area contributed by atoms with Crippen molar-refractivity contribution in [3.8, 4) is 11.8 Å². The summed E-state index contributed by atoms with van der Waals surface area (Å²) in [7, 11) is 0. The maximum absolute atomic E-state index is 11.0. The van der Waals surface area contributed by atoms with Gasteiger partial charge in [-0.15, -0.1) is 0 Å². The summed E-state index contributed by atoms with van der Waals surface area (Å²) in [5, 5.41) is 11.5. The minimum absolute atomic E-state index is 0.0639. The van der Waals surface area contributed by atoms with Gasteiger partial charge in [-0.3, -0.25) is 10.1 Å². The third-order valence-electron chi connectivity index (χ3n) is 2.76. The molecule has 2 aromatic heterocycles. The second kappa shape index (κ2) is 5.00. The molecule has 0 atom stereocenters. The molecule has 0 radical (unpaired) electrons. The number of nitrogens with zero attached hydrogens (tertiary/aromatic N) is 4. The minimum atomic E-state index is -0.490. The molecule has 0 fully saturated rings. The fourth-order valence-corrected chi connectivity index (χ4v) is 1.87. The van der Waals surface area contributed by atoms with Gasteiger partial charge < -0.3 is 10.5 Å². The molecule has 21 heavy (non-hydrogen) atoms. The Morgan fingerprint density at radius 3 is 2.76 bits per heavy atom. The molecule has 0 saturated carbocycles. The highest BCUT2D eigenvalue weighted by atomic mass is 16.6. The first kappa shape index (κ1) is 12.7. The Kier molecular flexibility index (Phi) is 3.03. The highest BCUT2D eigenvalue weighted by Crippen LogP contribution is 2.33. The molecular formula is C13H9N5O3. The number of anilines is 1. The van der Waals surface area contributed by atoms with Crippen molar-refractivity contribution in [3.05, 3.63) is 52.8 Å². The summed E-state index contributed by atoms with van der Waals surface area (Å²) in [4.78, 5) is 22.4. The van der Waals surface area contributed by atoms with Crippen molar-refractivity contribution in [3.63, 3.8) is 0 Å². The number of benzene rings is 1. The van der Waals surface area contributed by atoms with Gasteiger partial charge in [-0.05, 0) is 24.3 Å². The van der Waals surface area contributed by atoms with Crippen molar-refractivity contribution in [2.45, 2.75) is 0 Å². The van der Waals surface area contributed by atoms with Crippen LogP contribution < -0.4 is 10.5 Å². The molecule has 3 aromatic rings. The quantitative estimate of drug-likeness (QED) is 0.578. The zero-order valence-corrected chi connectivity index (χ0v) is 10.6. The molecule has 8 nitrogen and oxygen atoms in total. The molecule has 0 bridgehead atoms. The van der Waals surface area contributed by atoms with E-state index >= 15 is 0 Å². The van der Waals surface area contributed by atoms with Gasteiger partial charge in [-0.25, -0.2) is 9.97 Å². The van der Waals surface area contributed by atoms with E-state index in [0.717, 1.165) is 0 Å². The van der Waals surface area contributed by atoms with Gasteiger partial charge in [0.2, 0.25) is 0 Å². The molecule has 3 rings (SSSR count). The van der Waals surface area contributed by atoms with Gasteiger partial charge in [-0.2, -0.15) is 4.98 Å². The van der Waals surface area contributed by atoms with Crippen LogP contribution in [0.1, 0.15) is 0 Å². The number of aromatic nitrogens is 3. The highest BCUT2D eigenvalue weighted by molar-refractivity contribution is 5.92. The van der Waals surface area contributed by atoms with Crippen LogP contribution in [0.2, 0.25) is 0 Å². The number of ether oxygens (including phenoxy) is 1. The fourth-order valence-electron chi connectivity index (χ4n) is 1.87. The van der Waals surface area contributed by atoms with Gasteiger partial charge in [0.15, 0.2) is 5.52 Å². The lowest BCUT2D eigenvalue weighted by atomic mass is 10.2. The molecule has 2 heterocycles. The second-order valence-electron chi connectivity index (χ2n) is 4.11. The lowest BCUT2D eigenvalue weighted by Gasteiger charge is -2.07. The summed E-state index contributed by atoms with van der Waals surface area (Å²) in [6.07, 6.45) is 2.94. The molecule has 1 aromatic carbocycles. The predicted molar refractivity (Wildman–Crippen MR) is 74.9 cm³/mol. The standard InChI is InChI=1S/C13H9N5O3/c14-11-5-7-16-13(17-11)21-10-4-3-9(18(19)20)12-8(10)2-1-6-15-12/h1-7H,(H2,14,16,17). The second-order valence-corrected chi connectivity index (χ2v) is 4.11. The summed E-state index contributed by atoms with van der Waals surface area (Å²) in [6, 6.07) is 7.75. The first-order chi connectivity index (χ1) is 10.1. The minimum Gasteiger partial charge on any atom is -0.424 e. The van der Waals surface area contributed by atoms with E-state index < -0.39 is 4.92 Å². The average Bonchev–Trinajstić information content (AvgIpc) is 2.47. The van der Waals surface area contributed by atoms with Crippen LogP contribution >= 0.6 is 0 Å². The number of rotatable bonds is 3. The largest absolute Gasteiger partial charge is 0.424 e. The Morgan fingerprint density at radius 2 is 2.00 bits per heavy atom. The number of nitrogen functional groups attached to an aromatic ring is 1. The SMILES string of the molecule is Nc1ccnc(Oc2ccc([N+](=O)[O-])c3ncccc23)n1. The number of nitro benzene ring substituents is 1. The molecule has 0 saturated heterocycles. The maximum Gasteiger partial charge on any atom is 0.323 e. The summed E-state index contributed by atoms with van der Waals surface area (Å²) in [6.45, 7) is 0. The van der Waals surface area contributed by atoms with Gasteiger partial charge in [0.1, 0.15) is 11.6 Å². The molecule has 0 aliphatic carbocycles. The van der Waals surface area contributed by atoms with Crippen LogP contribution in [0, 0.1) is 10.1 Å². The molecule has 0 spiro atoms. The summed E-state index contributed by atoms with van der Waals surface area (Å²) in [5.41, 5.74) is 5.70. The van der Waals surface area contributed by atoms with Crippen LogP contribution in [-0.4, -0.2) is 19.9 Å². The van der Waals surface area contributed by atoms with E-state index in [9.17, 15) is 10.1 Å². The molecular weight excluding hydrogens is 274 g/mol. The molecule has 0 aliphatic rings. The molecule has 0 aliphatic heterocycles. The van der Waals surface area contributed by atoms with Gasteiger partial charge in [0.05, 0.1) is 10.3 Å². The van der Waals surface area contributed by atoms with Crippen molar-refractivity contribution >= 4 is 22.4 Å². The predicted octanol–water partition coefficient (Wildman–Crippen LogP) is 2.31. The smallest absolute Gasteiger partial charge is 0.323 e. The van der Waals surface area contributed by atoms with Crippen LogP contribution in [0.3, 0.4) is 0 Å². The number of hydrogen-bond donors (Lipinski definition) is 1. The van der Waals surface area contributed by atoms with Gasteiger partial charge >= 0.3 is 6.01 Å². The van der Waals surface area contributed by atoms with E-state index in [1.807, 2.05) is 0 Å². The Morgan fingerprint density at radius 1 is 1.14 bits per heavy atom. The molecule has 2 N–H and O–H groups in total. The number of nitrogens with two attached hydrogens (primary N) is 1. The van der Waals surface area contributed by atoms with Crippen molar-refractivity contribution in [1.29, 1.82) is 0 Å². The zero-order valence-electron chi connectivity index (χ0n) is 10.6. The van der Waals surface area contributed by atoms with Crippen LogP contribution in [0.5, 0.6) is 11.8 Å². The molecule has 0 amide bonds. The van der Waals surface area contributed by atoms with Crippen LogP contribution in [0.25, 0.3) is 10.9 Å². The van der Waals surface area contributed by atoms with Crippen molar-refractivity contribution in [2.75, 3.05) is 5.73 Å². The Labute approximate surface area is 118 Å². The number of non-ortho nitro benzene ring substituents is 1. The summed E-state index contributed by atoms with van der Waals surface area (Å²) in [5.74, 6) is 0.638. The van der Waals surface area contributed by atoms with Crippen molar-refractivity contribution < 1.29 is 9.66 Å². The van der Waals surface area contributed by atoms with Crippen molar-refractivity contribution in [1.82, 2.24) is 15.0 Å². The summed E-state index contributed by atoms with van der Waals surface area (Å²) < 4.78 is 5.54. The maximum atomic E-state index is 11.0. The van der Waals surface area contributed by atoms with Gasteiger partial charge in [0, 0.05) is 18.5 Å². The van der Waals surface area contributed by atoms with Gasteiger partial charge in [0.25, 0.3) is 5.69 Å². The third kappa shape index (κ3) is 2.41. The molecule has 104 valence electrons. The summed E-state index contributed by atoms with van der Waals surface area (Å²) >= 11 is 0. The van der Waals surface area contributed by atoms with E-state index in [-0.39, 0.29) is 23.0 Å². The topological polar surface area (TPSA) is 117 Å². The number of fused-ring (bicyclic) bond motifs is 1. The first-order valence-electron chi connectivity index (χ1n) is 5.93. The van der Waals surface area contributed by atoms with Crippen molar-refractivity contribution in [2.24, 2.45) is 0 Å². The molecule has 0 unspecified atom stereocenters. The lowest BCUT2D eigenvalue weighted by Crippen LogP contribution is -1.97. The van der Waals surface area contributed by atoms with E-state index in [1.54, 1.807) is 12.1 Å². The van der Waals surface area contributed by atoms with E-state index in [0.29, 0.717) is 11.1 Å². The van der Waals surface area contributed by atoms with E-state index in [2.05, 4.69) is 15.0 Å². The number of nitro groups is 1. The molecule has 8 heteroatoms. The van der Waals surface area contributed by atoms with Crippen LogP contribution in [0.15, 0.2) is 42.7 Å². The first-order valence-corrected chi connectivity index (χ1v) is 5.93. The Balaban J connectivity index is 2.12. The zero-order chi connectivity index (χ0) is 14.8. The normalized spacial score (nSPS) is 10.5. The van der Waals surface area contributed by atoms with E-state index in [4.69, 9.17) is 10.5 Å². The monoisotopic (exact) mass is 283 g/mol. The Hall–Kier alpha value is -3.29. The van der Waals surface area contributed by atoms with Gasteiger partial charge in [-0.1, -0.05) is 0 Å². The number of pyridine rings is 1. The van der Waals surface area contributed by atoms with Crippen LogP contribution in [-0.2, 0) is 0 Å². The Bertz CT molecular complexity index is 837. The third-order valence-corrected chi connectivity index (χ3v) is 2.76. The lowest BCUT2D eigenvalue weighted by molar-refractivity contribution is -0.383. The fraction of sp³-hybridized carbons (Fsp3) is 0. The van der Waals surface area contributed by atoms with E-state index in [1.165, 1.54) is 30.6 Å². The van der Waals surface area contributed by atoms with Crippen LogP contribution in [0.4, 0.5) is 11.5 Å². The number of hydrogen-bond acceptors (Lipinski definition) is 7. The average molecular weight is 283 g/mol.